The summed E-state index contributed by atoms with van der Waals surface area (Å²) in [6, 6.07) is 4.44. The van der Waals surface area contributed by atoms with Crippen LogP contribution >= 0.6 is 11.8 Å². The van der Waals surface area contributed by atoms with Crippen LogP contribution in [0.1, 0.15) is 32.0 Å². The molecule has 0 aliphatic heterocycles. The number of nitrogens with one attached hydrogen (secondary N) is 1. The summed E-state index contributed by atoms with van der Waals surface area (Å²) in [6.45, 7) is 5.21. The molecule has 2 heterocycles. The Morgan fingerprint density at radius 2 is 2.21 bits per heavy atom. The van der Waals surface area contributed by atoms with Crippen molar-refractivity contribution in [2.24, 2.45) is 7.05 Å². The molecule has 2 aromatic heterocycles. The lowest BCUT2D eigenvalue weighted by atomic mass is 10.1. The van der Waals surface area contributed by atoms with Crippen LogP contribution in [0.25, 0.3) is 0 Å². The first-order chi connectivity index (χ1) is 9.24. The molecule has 7 heteroatoms. The molecule has 2 aromatic rings. The summed E-state index contributed by atoms with van der Waals surface area (Å²) in [5.74, 6) is 0. The first kappa shape index (κ1) is 14.0. The largest absolute Gasteiger partial charge is 0.309 e. The number of aryl methyl sites for hydroxylation is 1. The minimum Gasteiger partial charge on any atom is -0.309 e. The molecular weight excluding hydrogens is 260 g/mol. The van der Waals surface area contributed by atoms with Gasteiger partial charge in [0.2, 0.25) is 5.16 Å². The number of aromatic nitrogens is 5. The van der Waals surface area contributed by atoms with Gasteiger partial charge in [-0.1, -0.05) is 13.8 Å². The highest BCUT2D eigenvalue weighted by atomic mass is 32.2. The topological polar surface area (TPSA) is 68.5 Å². The molecule has 0 aromatic carbocycles. The average Bonchev–Trinajstić information content (AvgIpc) is 2.83. The number of tetrazole rings is 1. The fraction of sp³-hybridized carbons (Fsp3) is 0.500. The maximum absolute atomic E-state index is 4.52. The SMILES string of the molecule is CCNC(CC)c1ccc(Sc2nnnn2C)cn1. The summed E-state index contributed by atoms with van der Waals surface area (Å²) in [5, 5.41) is 15.5. The highest BCUT2D eigenvalue weighted by molar-refractivity contribution is 7.99. The summed E-state index contributed by atoms with van der Waals surface area (Å²) >= 11 is 1.51. The van der Waals surface area contributed by atoms with Gasteiger partial charge in [0.25, 0.3) is 0 Å². The van der Waals surface area contributed by atoms with E-state index >= 15 is 0 Å². The monoisotopic (exact) mass is 278 g/mol. The Labute approximate surface area is 117 Å². The number of rotatable bonds is 6. The average molecular weight is 278 g/mol. The van der Waals surface area contributed by atoms with Crippen molar-refractivity contribution in [1.29, 1.82) is 0 Å². The molecule has 0 saturated heterocycles. The Hall–Kier alpha value is -1.47. The molecule has 0 aliphatic carbocycles. The number of hydrogen-bond acceptors (Lipinski definition) is 6. The maximum atomic E-state index is 4.52. The molecule has 2 rings (SSSR count). The Morgan fingerprint density at radius 3 is 2.74 bits per heavy atom. The molecule has 102 valence electrons. The lowest BCUT2D eigenvalue weighted by molar-refractivity contribution is 0.524. The third kappa shape index (κ3) is 3.51. The summed E-state index contributed by atoms with van der Waals surface area (Å²) < 4.78 is 1.64. The van der Waals surface area contributed by atoms with Crippen molar-refractivity contribution in [2.75, 3.05) is 6.54 Å². The molecular formula is C12H18N6S. The van der Waals surface area contributed by atoms with Gasteiger partial charge in [-0.05, 0) is 47.3 Å². The van der Waals surface area contributed by atoms with E-state index in [4.69, 9.17) is 0 Å². The predicted octanol–water partition coefficient (Wildman–Crippen LogP) is 1.82. The molecule has 0 amide bonds. The highest BCUT2D eigenvalue weighted by Crippen LogP contribution is 2.25. The van der Waals surface area contributed by atoms with Gasteiger partial charge >= 0.3 is 0 Å². The van der Waals surface area contributed by atoms with Gasteiger partial charge in [0.1, 0.15) is 0 Å². The zero-order valence-corrected chi connectivity index (χ0v) is 12.2. The van der Waals surface area contributed by atoms with Crippen LogP contribution in [0, 0.1) is 0 Å². The van der Waals surface area contributed by atoms with Gasteiger partial charge in [0.05, 0.1) is 5.69 Å². The molecule has 0 bridgehead atoms. The molecule has 1 unspecified atom stereocenters. The standard InChI is InChI=1S/C12H18N6S/c1-4-10(13-5-2)11-7-6-9(8-14-11)19-12-15-16-17-18(12)3/h6-8,10,13H,4-5H2,1-3H3. The van der Waals surface area contributed by atoms with Crippen molar-refractivity contribution in [1.82, 2.24) is 30.5 Å². The van der Waals surface area contributed by atoms with Gasteiger partial charge < -0.3 is 5.32 Å². The van der Waals surface area contributed by atoms with Crippen molar-refractivity contribution in [3.63, 3.8) is 0 Å². The van der Waals surface area contributed by atoms with Crippen molar-refractivity contribution >= 4 is 11.8 Å². The second-order valence-electron chi connectivity index (χ2n) is 4.12. The van der Waals surface area contributed by atoms with Gasteiger partial charge in [-0.3, -0.25) is 4.98 Å². The van der Waals surface area contributed by atoms with Gasteiger partial charge in [-0.15, -0.1) is 5.10 Å². The number of nitrogens with zero attached hydrogens (tertiary/aromatic N) is 5. The van der Waals surface area contributed by atoms with Crippen molar-refractivity contribution < 1.29 is 0 Å². The van der Waals surface area contributed by atoms with E-state index in [9.17, 15) is 0 Å². The van der Waals surface area contributed by atoms with Crippen LogP contribution in [0.4, 0.5) is 0 Å². The van der Waals surface area contributed by atoms with E-state index in [0.29, 0.717) is 6.04 Å². The minimum atomic E-state index is 0.320. The van der Waals surface area contributed by atoms with Crippen LogP contribution in [-0.4, -0.2) is 31.7 Å². The first-order valence-corrected chi connectivity index (χ1v) is 7.15. The minimum absolute atomic E-state index is 0.320. The summed E-state index contributed by atoms with van der Waals surface area (Å²) in [6.07, 6.45) is 2.90. The van der Waals surface area contributed by atoms with Gasteiger partial charge in [0, 0.05) is 24.2 Å². The second-order valence-corrected chi connectivity index (χ2v) is 5.17. The summed E-state index contributed by atoms with van der Waals surface area (Å²) in [5.41, 5.74) is 1.07. The quantitative estimate of drug-likeness (QED) is 0.869. The van der Waals surface area contributed by atoms with Gasteiger partial charge in [-0.25, -0.2) is 4.68 Å². The lowest BCUT2D eigenvalue weighted by Crippen LogP contribution is -2.20. The number of hydrogen-bond donors (Lipinski definition) is 1. The fourth-order valence-corrected chi connectivity index (χ4v) is 2.47. The van der Waals surface area contributed by atoms with E-state index in [1.807, 2.05) is 13.2 Å². The molecule has 0 spiro atoms. The molecule has 0 aliphatic rings. The van der Waals surface area contributed by atoms with E-state index < -0.39 is 0 Å². The van der Waals surface area contributed by atoms with E-state index in [2.05, 4.69) is 51.8 Å². The smallest absolute Gasteiger partial charge is 0.213 e. The van der Waals surface area contributed by atoms with Crippen LogP contribution in [0.15, 0.2) is 28.4 Å². The second kappa shape index (κ2) is 6.63. The van der Waals surface area contributed by atoms with Crippen LogP contribution in [0.3, 0.4) is 0 Å². The van der Waals surface area contributed by atoms with E-state index in [1.54, 1.807) is 4.68 Å². The first-order valence-electron chi connectivity index (χ1n) is 6.34. The van der Waals surface area contributed by atoms with Crippen LogP contribution in [-0.2, 0) is 7.05 Å². The Kier molecular flexibility index (Phi) is 4.86. The normalized spacial score (nSPS) is 12.6. The molecule has 19 heavy (non-hydrogen) atoms. The predicted molar refractivity (Wildman–Crippen MR) is 73.9 cm³/mol. The molecule has 0 fully saturated rings. The summed E-state index contributed by atoms with van der Waals surface area (Å²) in [7, 11) is 1.82. The maximum Gasteiger partial charge on any atom is 0.213 e. The van der Waals surface area contributed by atoms with Crippen molar-refractivity contribution in [3.05, 3.63) is 24.0 Å². The molecule has 1 atom stereocenters. The Balaban J connectivity index is 2.08. The Morgan fingerprint density at radius 1 is 1.37 bits per heavy atom. The van der Waals surface area contributed by atoms with Crippen molar-refractivity contribution in [3.8, 4) is 0 Å². The van der Waals surface area contributed by atoms with Crippen LogP contribution in [0.2, 0.25) is 0 Å². The van der Waals surface area contributed by atoms with E-state index in [0.717, 1.165) is 28.7 Å². The summed E-state index contributed by atoms with van der Waals surface area (Å²) in [4.78, 5) is 5.55. The molecule has 1 N–H and O–H groups in total. The Bertz CT molecular complexity index is 509. The van der Waals surface area contributed by atoms with Gasteiger partial charge in [0.15, 0.2) is 0 Å². The van der Waals surface area contributed by atoms with E-state index in [-0.39, 0.29) is 0 Å². The zero-order chi connectivity index (χ0) is 13.7. The highest BCUT2D eigenvalue weighted by Gasteiger charge is 2.10. The fourth-order valence-electron chi connectivity index (χ4n) is 1.78. The van der Waals surface area contributed by atoms with E-state index in [1.165, 1.54) is 11.8 Å². The molecule has 0 saturated carbocycles. The zero-order valence-electron chi connectivity index (χ0n) is 11.4. The van der Waals surface area contributed by atoms with Crippen LogP contribution < -0.4 is 5.32 Å². The molecule has 0 radical (unpaired) electrons. The molecule has 6 nitrogen and oxygen atoms in total. The van der Waals surface area contributed by atoms with Crippen molar-refractivity contribution in [2.45, 2.75) is 36.4 Å². The van der Waals surface area contributed by atoms with Crippen LogP contribution in [0.5, 0.6) is 0 Å². The third-order valence-corrected chi connectivity index (χ3v) is 3.77. The third-order valence-electron chi connectivity index (χ3n) is 2.77. The van der Waals surface area contributed by atoms with Gasteiger partial charge in [-0.2, -0.15) is 0 Å². The lowest BCUT2D eigenvalue weighted by Gasteiger charge is -2.15. The number of pyridine rings is 1.